The third-order valence-corrected chi connectivity index (χ3v) is 1.92. The summed E-state index contributed by atoms with van der Waals surface area (Å²) in [6.45, 7) is 0. The van der Waals surface area contributed by atoms with Crippen LogP contribution in [0, 0.1) is 0 Å². The van der Waals surface area contributed by atoms with Gasteiger partial charge in [-0.3, -0.25) is 0 Å². The van der Waals surface area contributed by atoms with Crippen molar-refractivity contribution in [1.29, 1.82) is 0 Å². The van der Waals surface area contributed by atoms with Crippen LogP contribution in [0.2, 0.25) is 0 Å². The van der Waals surface area contributed by atoms with Gasteiger partial charge in [-0.25, -0.2) is 4.76 Å². The Morgan fingerprint density at radius 3 is 3.50 bits per heavy atom. The van der Waals surface area contributed by atoms with Crippen LogP contribution in [0.1, 0.15) is 6.42 Å². The Hall–Kier alpha value is 0.0600. The summed E-state index contributed by atoms with van der Waals surface area (Å²) in [6, 6.07) is 0. The zero-order chi connectivity index (χ0) is 5.82. The van der Waals surface area contributed by atoms with Crippen molar-refractivity contribution in [1.82, 2.24) is 0 Å². The predicted octanol–water partition coefficient (Wildman–Crippen LogP) is 2.40. The maximum absolute atomic E-state index is 4.03. The summed E-state index contributed by atoms with van der Waals surface area (Å²) in [6.07, 6.45) is 4.88. The SMILES string of the molecule is BrC1=CC=PN=CC1. The topological polar surface area (TPSA) is 12.4 Å². The first-order valence-corrected chi connectivity index (χ1v) is 4.00. The quantitative estimate of drug-likeness (QED) is 0.520. The van der Waals surface area contributed by atoms with E-state index in [1.54, 1.807) is 0 Å². The van der Waals surface area contributed by atoms with Gasteiger partial charge in [0.15, 0.2) is 0 Å². The minimum Gasteiger partial charge on any atom is -0.240 e. The Kier molecular flexibility index (Phi) is 2.44. The lowest BCUT2D eigenvalue weighted by molar-refractivity contribution is 1.52. The van der Waals surface area contributed by atoms with Crippen molar-refractivity contribution in [3.63, 3.8) is 0 Å². The Balaban J connectivity index is 2.69. The number of nitrogens with zero attached hydrogens (tertiary/aromatic N) is 1. The molecule has 0 aromatic rings. The third-order valence-electron chi connectivity index (χ3n) is 0.757. The Morgan fingerprint density at radius 1 is 1.75 bits per heavy atom. The summed E-state index contributed by atoms with van der Waals surface area (Å²) >= 11 is 3.37. The summed E-state index contributed by atoms with van der Waals surface area (Å²) in [7, 11) is 1.04. The molecular formula is C5H5BrNP. The molecule has 1 aliphatic rings. The number of hydrogen-bond donors (Lipinski definition) is 0. The Morgan fingerprint density at radius 2 is 2.62 bits per heavy atom. The van der Waals surface area contributed by atoms with Gasteiger partial charge in [0.25, 0.3) is 0 Å². The van der Waals surface area contributed by atoms with Crippen molar-refractivity contribution in [3.8, 4) is 0 Å². The summed E-state index contributed by atoms with van der Waals surface area (Å²) in [5, 5.41) is 0. The fourth-order valence-corrected chi connectivity index (χ4v) is 1.38. The van der Waals surface area contributed by atoms with Crippen LogP contribution in [-0.2, 0) is 0 Å². The molecule has 1 aliphatic heterocycles. The Labute approximate surface area is 58.5 Å². The van der Waals surface area contributed by atoms with Gasteiger partial charge in [0.05, 0.1) is 0 Å². The van der Waals surface area contributed by atoms with E-state index in [0.29, 0.717) is 0 Å². The molecule has 0 radical (unpaired) electrons. The Bertz CT molecular complexity index is 160. The molecule has 42 valence electrons. The van der Waals surface area contributed by atoms with Gasteiger partial charge in [-0.15, -0.1) is 0 Å². The zero-order valence-electron chi connectivity index (χ0n) is 4.21. The molecule has 0 atom stereocenters. The van der Waals surface area contributed by atoms with Gasteiger partial charge in [0.1, 0.15) is 0 Å². The fraction of sp³-hybridized carbons (Fsp3) is 0.200. The summed E-state index contributed by atoms with van der Waals surface area (Å²) in [5.74, 6) is 2.01. The van der Waals surface area contributed by atoms with Crippen LogP contribution in [0.15, 0.2) is 15.3 Å². The molecule has 1 nitrogen and oxygen atoms in total. The fourth-order valence-electron chi connectivity index (χ4n) is 0.396. The van der Waals surface area contributed by atoms with E-state index < -0.39 is 0 Å². The smallest absolute Gasteiger partial charge is 0.0368 e. The summed E-state index contributed by atoms with van der Waals surface area (Å²) in [5.41, 5.74) is 0. The second-order valence-electron chi connectivity index (χ2n) is 1.38. The number of allylic oxidation sites excluding steroid dienone is 2. The van der Waals surface area contributed by atoms with E-state index in [1.165, 1.54) is 4.48 Å². The highest BCUT2D eigenvalue weighted by atomic mass is 79.9. The van der Waals surface area contributed by atoms with Crippen molar-refractivity contribution in [3.05, 3.63) is 10.6 Å². The molecule has 0 amide bonds. The normalized spacial score (nSPS) is 19.9. The van der Waals surface area contributed by atoms with E-state index in [-0.39, 0.29) is 0 Å². The minimum absolute atomic E-state index is 0.934. The van der Waals surface area contributed by atoms with Crippen LogP contribution in [0.5, 0.6) is 0 Å². The van der Waals surface area contributed by atoms with Crippen LogP contribution >= 0.6 is 24.3 Å². The molecule has 1 rings (SSSR count). The molecule has 0 aromatic heterocycles. The van der Waals surface area contributed by atoms with Gasteiger partial charge in [-0.1, -0.05) is 15.9 Å². The first kappa shape index (κ1) is 6.18. The highest BCUT2D eigenvalue weighted by Gasteiger charge is 1.86. The van der Waals surface area contributed by atoms with Gasteiger partial charge >= 0.3 is 0 Å². The lowest BCUT2D eigenvalue weighted by Gasteiger charge is -1.82. The lowest BCUT2D eigenvalue weighted by atomic mass is 10.4. The molecule has 0 saturated carbocycles. The van der Waals surface area contributed by atoms with Crippen molar-refractivity contribution in [2.75, 3.05) is 0 Å². The van der Waals surface area contributed by atoms with Crippen molar-refractivity contribution in [2.45, 2.75) is 6.42 Å². The molecule has 0 aromatic carbocycles. The molecule has 1 heterocycles. The van der Waals surface area contributed by atoms with Crippen LogP contribution < -0.4 is 0 Å². The second kappa shape index (κ2) is 3.16. The van der Waals surface area contributed by atoms with E-state index in [4.69, 9.17) is 0 Å². The van der Waals surface area contributed by atoms with Crippen molar-refractivity contribution in [2.24, 2.45) is 4.76 Å². The lowest BCUT2D eigenvalue weighted by Crippen LogP contribution is -1.70. The van der Waals surface area contributed by atoms with Crippen LogP contribution in [0.4, 0.5) is 0 Å². The average molecular weight is 190 g/mol. The van der Waals surface area contributed by atoms with Crippen LogP contribution in [0.3, 0.4) is 0 Å². The summed E-state index contributed by atoms with van der Waals surface area (Å²) < 4.78 is 5.23. The van der Waals surface area contributed by atoms with E-state index in [9.17, 15) is 0 Å². The maximum Gasteiger partial charge on any atom is 0.0368 e. The van der Waals surface area contributed by atoms with Crippen LogP contribution in [0.25, 0.3) is 0 Å². The molecule has 0 bridgehead atoms. The first-order valence-electron chi connectivity index (χ1n) is 2.29. The largest absolute Gasteiger partial charge is 0.240 e. The highest BCUT2D eigenvalue weighted by Crippen LogP contribution is 2.11. The van der Waals surface area contributed by atoms with E-state index in [0.717, 1.165) is 14.8 Å². The number of halogens is 1. The third kappa shape index (κ3) is 1.89. The molecule has 0 unspecified atom stereocenters. The minimum atomic E-state index is 0.934. The first-order chi connectivity index (χ1) is 3.89. The standard InChI is InChI=1S/C5H5BrNP/c6-5-1-3-7-8-4-2-5/h2-4H,1H2. The number of hydrogen-bond acceptors (Lipinski definition) is 1. The van der Waals surface area contributed by atoms with Crippen LogP contribution in [-0.4, -0.2) is 12.0 Å². The van der Waals surface area contributed by atoms with Gasteiger partial charge in [0.2, 0.25) is 0 Å². The van der Waals surface area contributed by atoms with Gasteiger partial charge < -0.3 is 0 Å². The molecular weight excluding hydrogens is 185 g/mol. The molecule has 0 spiro atoms. The van der Waals surface area contributed by atoms with E-state index in [1.807, 2.05) is 18.1 Å². The van der Waals surface area contributed by atoms with Crippen molar-refractivity contribution < 1.29 is 0 Å². The van der Waals surface area contributed by atoms with Gasteiger partial charge in [-0.05, 0) is 11.9 Å². The number of rotatable bonds is 0. The molecule has 0 fully saturated rings. The van der Waals surface area contributed by atoms with E-state index in [2.05, 4.69) is 20.7 Å². The average Bonchev–Trinajstić information content (AvgIpc) is 1.94. The summed E-state index contributed by atoms with van der Waals surface area (Å²) in [4.78, 5) is 0. The molecule has 0 aliphatic carbocycles. The maximum atomic E-state index is 4.03. The molecule has 8 heavy (non-hydrogen) atoms. The zero-order valence-corrected chi connectivity index (χ0v) is 6.69. The van der Waals surface area contributed by atoms with Gasteiger partial charge in [0, 0.05) is 25.5 Å². The van der Waals surface area contributed by atoms with E-state index >= 15 is 0 Å². The second-order valence-corrected chi connectivity index (χ2v) is 3.16. The molecule has 0 N–H and O–H groups in total. The van der Waals surface area contributed by atoms with Gasteiger partial charge in [-0.2, -0.15) is 0 Å². The molecule has 0 saturated heterocycles. The highest BCUT2D eigenvalue weighted by molar-refractivity contribution is 9.11. The molecule has 3 heteroatoms. The predicted molar refractivity (Wildman–Crippen MR) is 43.1 cm³/mol. The monoisotopic (exact) mass is 189 g/mol. The van der Waals surface area contributed by atoms with Crippen molar-refractivity contribution >= 4 is 36.3 Å².